The van der Waals surface area contributed by atoms with Gasteiger partial charge in [-0.15, -0.1) is 0 Å². The van der Waals surface area contributed by atoms with Gasteiger partial charge in [-0.3, -0.25) is 0 Å². The Kier molecular flexibility index (Phi) is 2.33. The molecule has 0 aliphatic carbocycles. The Morgan fingerprint density at radius 3 is 2.78 bits per heavy atom. The summed E-state index contributed by atoms with van der Waals surface area (Å²) < 4.78 is 1.94. The fourth-order valence-electron chi connectivity index (χ4n) is 2.28. The van der Waals surface area contributed by atoms with E-state index in [0.717, 1.165) is 33.1 Å². The van der Waals surface area contributed by atoms with Crippen molar-refractivity contribution in [1.29, 1.82) is 5.26 Å². The van der Waals surface area contributed by atoms with E-state index in [1.54, 1.807) is 6.20 Å². The van der Waals surface area contributed by atoms with Gasteiger partial charge in [0.25, 0.3) is 0 Å². The average molecular weight is 254 g/mol. The molecule has 0 aromatic carbocycles. The first kappa shape index (κ1) is 11.1. The molecule has 88 valence electrons. The molecule has 0 saturated carbocycles. The molecule has 1 atom stereocenters. The highest BCUT2D eigenvalue weighted by Gasteiger charge is 2.14. The summed E-state index contributed by atoms with van der Waals surface area (Å²) in [5.74, 6) is 0. The molecule has 0 radical (unpaired) electrons. The molecule has 3 aromatic rings. The fraction of sp³-hybridized carbons (Fsp3) is 0.154. The number of aryl methyl sites for hydroxylation is 2. The predicted molar refractivity (Wildman–Crippen MR) is 74.3 cm³/mol. The lowest BCUT2D eigenvalue weighted by Crippen LogP contribution is -1.89. The maximum absolute atomic E-state index is 9.07. The summed E-state index contributed by atoms with van der Waals surface area (Å²) >= 11 is 0. The van der Waals surface area contributed by atoms with E-state index in [1.807, 2.05) is 24.4 Å². The molecular formula is C13H11N4P. The first-order valence-corrected chi connectivity index (χ1v) is 6.06. The maximum Gasteiger partial charge on any atom is 0.144 e. The molecule has 18 heavy (non-hydrogen) atoms. The molecule has 4 nitrogen and oxygen atoms in total. The summed E-state index contributed by atoms with van der Waals surface area (Å²) in [4.78, 5) is 8.63. The van der Waals surface area contributed by atoms with Gasteiger partial charge in [0.2, 0.25) is 0 Å². The van der Waals surface area contributed by atoms with Crippen LogP contribution in [-0.4, -0.2) is 14.3 Å². The molecule has 0 saturated heterocycles. The molecule has 3 rings (SSSR count). The number of nitrogens with zero attached hydrogens (tertiary/aromatic N) is 4. The van der Waals surface area contributed by atoms with E-state index in [2.05, 4.69) is 31.5 Å². The van der Waals surface area contributed by atoms with Crippen molar-refractivity contribution >= 4 is 31.3 Å². The lowest BCUT2D eigenvalue weighted by molar-refractivity contribution is 1.22. The fourth-order valence-corrected chi connectivity index (χ4v) is 2.69. The van der Waals surface area contributed by atoms with Crippen LogP contribution >= 0.6 is 9.39 Å². The zero-order valence-electron chi connectivity index (χ0n) is 10.1. The molecule has 3 aromatic heterocycles. The summed E-state index contributed by atoms with van der Waals surface area (Å²) in [7, 11) is 2.65. The number of hydrogen-bond donors (Lipinski definition) is 0. The summed E-state index contributed by atoms with van der Waals surface area (Å²) in [6, 6.07) is 4.22. The summed E-state index contributed by atoms with van der Waals surface area (Å²) in [6.07, 6.45) is 3.57. The molecule has 1 unspecified atom stereocenters. The number of fused-ring (bicyclic) bond motifs is 3. The van der Waals surface area contributed by atoms with E-state index < -0.39 is 0 Å². The van der Waals surface area contributed by atoms with Gasteiger partial charge in [-0.1, -0.05) is 0 Å². The minimum Gasteiger partial charge on any atom is -0.308 e. The van der Waals surface area contributed by atoms with Gasteiger partial charge in [-0.25, -0.2) is 9.97 Å². The first-order valence-electron chi connectivity index (χ1n) is 5.55. The van der Waals surface area contributed by atoms with Crippen molar-refractivity contribution in [1.82, 2.24) is 14.3 Å². The van der Waals surface area contributed by atoms with Gasteiger partial charge >= 0.3 is 0 Å². The summed E-state index contributed by atoms with van der Waals surface area (Å²) in [5, 5.41) is 11.2. The van der Waals surface area contributed by atoms with Crippen molar-refractivity contribution in [3.8, 4) is 6.07 Å². The van der Waals surface area contributed by atoms with Crippen molar-refractivity contribution in [3.05, 3.63) is 35.3 Å². The Morgan fingerprint density at radius 2 is 2.06 bits per heavy atom. The van der Waals surface area contributed by atoms with Crippen LogP contribution in [0.1, 0.15) is 16.8 Å². The number of rotatable bonds is 0. The molecule has 0 aliphatic heterocycles. The van der Waals surface area contributed by atoms with Gasteiger partial charge in [0.1, 0.15) is 17.4 Å². The van der Waals surface area contributed by atoms with Crippen LogP contribution in [0, 0.1) is 25.2 Å². The van der Waals surface area contributed by atoms with Gasteiger partial charge in [-0.2, -0.15) is 5.26 Å². The molecule has 0 spiro atoms. The van der Waals surface area contributed by atoms with Crippen LogP contribution in [0.4, 0.5) is 0 Å². The molecule has 0 amide bonds. The molecule has 0 N–H and O–H groups in total. The average Bonchev–Trinajstić information content (AvgIpc) is 2.64. The van der Waals surface area contributed by atoms with E-state index >= 15 is 0 Å². The van der Waals surface area contributed by atoms with Crippen LogP contribution < -0.4 is 0 Å². The minimum atomic E-state index is 0.474. The van der Waals surface area contributed by atoms with E-state index in [0.29, 0.717) is 5.69 Å². The largest absolute Gasteiger partial charge is 0.308 e. The Morgan fingerprint density at radius 1 is 1.28 bits per heavy atom. The van der Waals surface area contributed by atoms with Crippen LogP contribution in [0.5, 0.6) is 0 Å². The molecule has 0 aliphatic rings. The Bertz CT molecular complexity index is 826. The zero-order chi connectivity index (χ0) is 12.9. The number of aromatic nitrogens is 3. The van der Waals surface area contributed by atoms with Crippen molar-refractivity contribution in [2.45, 2.75) is 13.8 Å². The highest BCUT2D eigenvalue weighted by atomic mass is 31.0. The van der Waals surface area contributed by atoms with Crippen molar-refractivity contribution in [2.24, 2.45) is 0 Å². The van der Waals surface area contributed by atoms with E-state index in [9.17, 15) is 0 Å². The first-order chi connectivity index (χ1) is 8.63. The smallest absolute Gasteiger partial charge is 0.144 e. The van der Waals surface area contributed by atoms with Crippen LogP contribution in [0.3, 0.4) is 0 Å². The highest BCUT2D eigenvalue weighted by molar-refractivity contribution is 7.15. The van der Waals surface area contributed by atoms with Crippen LogP contribution in [0.15, 0.2) is 18.5 Å². The van der Waals surface area contributed by atoms with Gasteiger partial charge < -0.3 is 4.34 Å². The van der Waals surface area contributed by atoms with Gasteiger partial charge in [0.15, 0.2) is 0 Å². The Labute approximate surface area is 107 Å². The standard InChI is InChI=1S/C13H11N4P/c1-7-3-9-12-8(2)10(4-14)15-6-11(12)17(18)13(9)16-5-7/h3,5-6H,18H2,1-2H3. The maximum atomic E-state index is 9.07. The zero-order valence-corrected chi connectivity index (χ0v) is 11.3. The lowest BCUT2D eigenvalue weighted by atomic mass is 10.1. The number of hydrogen-bond acceptors (Lipinski definition) is 3. The summed E-state index contributed by atoms with van der Waals surface area (Å²) in [5.41, 5.74) is 4.36. The molecule has 0 fully saturated rings. The van der Waals surface area contributed by atoms with E-state index in [-0.39, 0.29) is 0 Å². The molecular weight excluding hydrogens is 243 g/mol. The van der Waals surface area contributed by atoms with Crippen molar-refractivity contribution in [2.75, 3.05) is 0 Å². The number of pyridine rings is 2. The van der Waals surface area contributed by atoms with Crippen LogP contribution in [-0.2, 0) is 0 Å². The van der Waals surface area contributed by atoms with Crippen molar-refractivity contribution < 1.29 is 0 Å². The van der Waals surface area contributed by atoms with Crippen LogP contribution in [0.25, 0.3) is 21.9 Å². The molecule has 0 bridgehead atoms. The topological polar surface area (TPSA) is 54.5 Å². The third-order valence-electron chi connectivity index (χ3n) is 3.17. The molecule has 3 heterocycles. The quantitative estimate of drug-likeness (QED) is 0.579. The third-order valence-corrected chi connectivity index (χ3v) is 3.69. The summed E-state index contributed by atoms with van der Waals surface area (Å²) in [6.45, 7) is 3.94. The van der Waals surface area contributed by atoms with Crippen LogP contribution in [0.2, 0.25) is 0 Å². The SMILES string of the molecule is Cc1cnc2c(c1)c1c(C)c(C#N)ncc1n2P. The van der Waals surface area contributed by atoms with Crippen molar-refractivity contribution in [3.63, 3.8) is 0 Å². The highest BCUT2D eigenvalue weighted by Crippen LogP contribution is 2.32. The lowest BCUT2D eigenvalue weighted by Gasteiger charge is -1.99. The molecule has 5 heteroatoms. The minimum absolute atomic E-state index is 0.474. The predicted octanol–water partition coefficient (Wildman–Crippen LogP) is 2.71. The monoisotopic (exact) mass is 254 g/mol. The number of nitriles is 1. The normalized spacial score (nSPS) is 11.0. The second kappa shape index (κ2) is 3.76. The van der Waals surface area contributed by atoms with E-state index in [1.165, 1.54) is 0 Å². The van der Waals surface area contributed by atoms with Gasteiger partial charge in [0.05, 0.1) is 11.7 Å². The van der Waals surface area contributed by atoms with Gasteiger partial charge in [0, 0.05) is 17.0 Å². The third kappa shape index (κ3) is 1.35. The van der Waals surface area contributed by atoms with E-state index in [4.69, 9.17) is 5.26 Å². The second-order valence-corrected chi connectivity index (χ2v) is 4.87. The Hall–Kier alpha value is -1.98. The second-order valence-electron chi connectivity index (χ2n) is 4.36. The Balaban J connectivity index is 2.63. The van der Waals surface area contributed by atoms with Gasteiger partial charge in [-0.05, 0) is 40.4 Å².